The van der Waals surface area contributed by atoms with Crippen LogP contribution in [0.2, 0.25) is 0 Å². The van der Waals surface area contributed by atoms with Crippen LogP contribution in [0.1, 0.15) is 94.4 Å². The number of hydrogen-bond acceptors (Lipinski definition) is 5. The van der Waals surface area contributed by atoms with Crippen LogP contribution < -0.4 is 0 Å². The summed E-state index contributed by atoms with van der Waals surface area (Å²) in [5, 5.41) is 3.99. The first kappa shape index (κ1) is 25.7. The maximum atomic E-state index is 13.9. The van der Waals surface area contributed by atoms with Gasteiger partial charge in [-0.15, -0.1) is 0 Å². The largest absolute Gasteiger partial charge is 0.416 e. The molecule has 2 aromatic carbocycles. The highest BCUT2D eigenvalue weighted by molar-refractivity contribution is 5.98. The Balaban J connectivity index is 0.00000134. The topological polar surface area (TPSA) is 59.0 Å². The van der Waals surface area contributed by atoms with Crippen molar-refractivity contribution in [3.8, 4) is 0 Å². The van der Waals surface area contributed by atoms with Gasteiger partial charge in [0.1, 0.15) is 6.56 Å². The Labute approximate surface area is 219 Å². The predicted octanol–water partition coefficient (Wildman–Crippen LogP) is 6.88. The first-order valence-corrected chi connectivity index (χ1v) is 12.8. The molecule has 5 nitrogen and oxygen atoms in total. The fraction of sp³-hybridized carbons (Fsp3) is 0.517. The first-order chi connectivity index (χ1) is 18.5. The highest BCUT2D eigenvalue weighted by atomic mass is 19.4. The van der Waals surface area contributed by atoms with Crippen molar-refractivity contribution < 1.29 is 30.3 Å². The Hall–Kier alpha value is -2.96. The molecule has 4 rings (SSSR count). The average Bonchev–Trinajstić information content (AvgIpc) is 2.89. The number of carbonyl (C=O) groups excluding carboxylic acids is 2. The lowest BCUT2D eigenvalue weighted by Crippen LogP contribution is -2.36. The molecule has 1 saturated heterocycles. The highest BCUT2D eigenvalue weighted by Gasteiger charge is 2.35. The molecule has 200 valence electrons. The second-order valence-electron chi connectivity index (χ2n) is 9.55. The second-order valence-corrected chi connectivity index (χ2v) is 9.55. The van der Waals surface area contributed by atoms with Gasteiger partial charge in [-0.2, -0.15) is 22.8 Å². The minimum absolute atomic E-state index is 0.145. The smallest absolute Gasteiger partial charge is 0.391 e. The van der Waals surface area contributed by atoms with Crippen LogP contribution in [0.25, 0.3) is 0 Å². The fourth-order valence-corrected chi connectivity index (χ4v) is 4.95. The number of benzene rings is 2. The summed E-state index contributed by atoms with van der Waals surface area (Å²) in [6, 6.07) is 9.77. The summed E-state index contributed by atoms with van der Waals surface area (Å²) >= 11 is 0. The van der Waals surface area contributed by atoms with Crippen molar-refractivity contribution in [3.63, 3.8) is 0 Å². The van der Waals surface area contributed by atoms with Gasteiger partial charge < -0.3 is 4.84 Å². The van der Waals surface area contributed by atoms with E-state index >= 15 is 0 Å². The van der Waals surface area contributed by atoms with Crippen LogP contribution in [-0.4, -0.2) is 29.9 Å². The summed E-state index contributed by atoms with van der Waals surface area (Å²) in [6.07, 6.45) is 2.12. The van der Waals surface area contributed by atoms with Crippen molar-refractivity contribution in [2.45, 2.75) is 84.0 Å². The summed E-state index contributed by atoms with van der Waals surface area (Å²) < 4.78 is 58.4. The van der Waals surface area contributed by atoms with Gasteiger partial charge in [-0.25, -0.2) is 0 Å². The van der Waals surface area contributed by atoms with Crippen molar-refractivity contribution in [1.29, 1.82) is 0 Å². The van der Waals surface area contributed by atoms with Crippen LogP contribution in [-0.2, 0) is 40.1 Å². The van der Waals surface area contributed by atoms with E-state index in [2.05, 4.69) is 23.0 Å². The number of alkyl halides is 3. The van der Waals surface area contributed by atoms with E-state index in [0.29, 0.717) is 5.71 Å². The van der Waals surface area contributed by atoms with Gasteiger partial charge in [0.15, 0.2) is 0 Å². The Kier molecular flexibility index (Phi) is 9.40. The molecule has 2 aromatic rings. The number of hydrogen-bond donors (Lipinski definition) is 0. The van der Waals surface area contributed by atoms with Crippen molar-refractivity contribution >= 4 is 11.9 Å². The predicted molar refractivity (Wildman–Crippen MR) is 135 cm³/mol. The Morgan fingerprint density at radius 2 is 1.78 bits per heavy atom. The van der Waals surface area contributed by atoms with E-state index in [9.17, 15) is 13.2 Å². The van der Waals surface area contributed by atoms with Crippen molar-refractivity contribution in [3.05, 3.63) is 69.8 Å². The van der Waals surface area contributed by atoms with Crippen LogP contribution in [0.5, 0.6) is 0 Å². The Bertz CT molecular complexity index is 1180. The van der Waals surface area contributed by atoms with E-state index in [0.717, 1.165) is 69.8 Å². The van der Waals surface area contributed by atoms with E-state index in [-0.39, 0.29) is 23.2 Å². The number of halogens is 3. The van der Waals surface area contributed by atoms with Crippen LogP contribution in [0.3, 0.4) is 0 Å². The third-order valence-electron chi connectivity index (χ3n) is 7.10. The average molecular weight is 519 g/mol. The van der Waals surface area contributed by atoms with Crippen molar-refractivity contribution in [2.75, 3.05) is 13.1 Å². The van der Waals surface area contributed by atoms with Gasteiger partial charge in [0.05, 0.1) is 14.0 Å². The molecule has 0 aromatic heterocycles. The van der Waals surface area contributed by atoms with Crippen LogP contribution in [0, 0.1) is 0 Å². The number of rotatable bonds is 8. The molecule has 0 spiro atoms. The van der Waals surface area contributed by atoms with Gasteiger partial charge in [0.25, 0.3) is 0 Å². The molecule has 1 aliphatic carbocycles. The lowest BCUT2D eigenvalue weighted by atomic mass is 9.81. The molecule has 0 radical (unpaired) electrons. The van der Waals surface area contributed by atoms with Gasteiger partial charge in [-0.3, -0.25) is 4.90 Å². The highest BCUT2D eigenvalue weighted by Crippen LogP contribution is 2.41. The standard InChI is InChI=1S/C28H35F3N2O.CO2/c1-3-22-17-24(11-12-25(22)18-33-14-7-15-33)20(2)32-34-19-21-10-13-26(23-8-5-4-6-9-23)27(16-21)28(29,30)31;2-1-3/h10-13,16-17,23H,3-9,14-15,18-19H2,1-2H3;/b32-20+;/i19D2;. The van der Waals surface area contributed by atoms with E-state index in [1.807, 2.05) is 12.1 Å². The molecule has 1 aliphatic heterocycles. The van der Waals surface area contributed by atoms with Gasteiger partial charge in [-0.05, 0) is 91.6 Å². The first-order valence-electron chi connectivity index (χ1n) is 13.8. The zero-order valence-corrected chi connectivity index (χ0v) is 21.4. The van der Waals surface area contributed by atoms with E-state index in [1.54, 1.807) is 6.92 Å². The summed E-state index contributed by atoms with van der Waals surface area (Å²) in [6.45, 7) is 4.45. The van der Waals surface area contributed by atoms with Gasteiger partial charge in [0, 0.05) is 6.54 Å². The SMILES string of the molecule is O=C=O.[2H]C([2H])(O/N=C(\C)c1ccc(CN2CCC2)c(CC)c1)c1ccc(C2CCCCC2)c(C(F)(F)F)c1. The van der Waals surface area contributed by atoms with Crippen LogP contribution in [0.15, 0.2) is 41.6 Å². The van der Waals surface area contributed by atoms with Gasteiger partial charge in [-0.1, -0.05) is 55.6 Å². The number of likely N-dealkylation sites (tertiary alicyclic amines) is 1. The Morgan fingerprint density at radius 3 is 2.38 bits per heavy atom. The molecule has 0 unspecified atom stereocenters. The quantitative estimate of drug-likeness (QED) is 0.282. The molecule has 2 fully saturated rings. The molecule has 0 bridgehead atoms. The summed E-state index contributed by atoms with van der Waals surface area (Å²) in [5.74, 6) is -0.145. The van der Waals surface area contributed by atoms with E-state index < -0.39 is 18.3 Å². The number of oxime groups is 1. The maximum absolute atomic E-state index is 13.9. The van der Waals surface area contributed by atoms with E-state index in [1.165, 1.54) is 29.7 Å². The van der Waals surface area contributed by atoms with Gasteiger partial charge in [0.2, 0.25) is 0 Å². The summed E-state index contributed by atoms with van der Waals surface area (Å²) in [5.41, 5.74) is 3.03. The van der Waals surface area contributed by atoms with Crippen molar-refractivity contribution in [1.82, 2.24) is 4.90 Å². The molecule has 1 saturated carbocycles. The number of nitrogens with zero attached hydrogens (tertiary/aromatic N) is 2. The monoisotopic (exact) mass is 518 g/mol. The number of aryl methyl sites for hydroxylation is 1. The molecule has 8 heteroatoms. The van der Waals surface area contributed by atoms with Gasteiger partial charge >= 0.3 is 12.3 Å². The van der Waals surface area contributed by atoms with Crippen LogP contribution in [0.4, 0.5) is 13.2 Å². The Morgan fingerprint density at radius 1 is 1.08 bits per heavy atom. The minimum Gasteiger partial charge on any atom is -0.391 e. The summed E-state index contributed by atoms with van der Waals surface area (Å²) in [7, 11) is 0. The second kappa shape index (κ2) is 13.5. The summed E-state index contributed by atoms with van der Waals surface area (Å²) in [4.78, 5) is 23.9. The molecular formula is C29H35F3N2O3. The lowest BCUT2D eigenvalue weighted by Gasteiger charge is -2.31. The minimum atomic E-state index is -4.56. The molecule has 0 atom stereocenters. The lowest BCUT2D eigenvalue weighted by molar-refractivity contribution is -0.191. The molecule has 0 N–H and O–H groups in total. The fourth-order valence-electron chi connectivity index (χ4n) is 4.95. The third-order valence-corrected chi connectivity index (χ3v) is 7.10. The maximum Gasteiger partial charge on any atom is 0.416 e. The molecule has 37 heavy (non-hydrogen) atoms. The van der Waals surface area contributed by atoms with E-state index in [4.69, 9.17) is 17.2 Å². The molecule has 0 amide bonds. The normalized spacial score (nSPS) is 18.0. The third kappa shape index (κ3) is 8.01. The molecule has 1 heterocycles. The zero-order chi connectivity index (χ0) is 28.6. The molecule has 2 aliphatic rings. The molecular weight excluding hydrogens is 481 g/mol. The zero-order valence-electron chi connectivity index (χ0n) is 23.4. The van der Waals surface area contributed by atoms with Crippen LogP contribution >= 0.6 is 0 Å². The van der Waals surface area contributed by atoms with Crippen molar-refractivity contribution in [2.24, 2.45) is 5.16 Å².